The van der Waals surface area contributed by atoms with Gasteiger partial charge in [-0.1, -0.05) is 30.3 Å². The molecule has 0 aliphatic heterocycles. The van der Waals surface area contributed by atoms with Crippen molar-refractivity contribution in [1.29, 1.82) is 0 Å². The summed E-state index contributed by atoms with van der Waals surface area (Å²) in [4.78, 5) is 4.04. The first-order valence-corrected chi connectivity index (χ1v) is 5.19. The second kappa shape index (κ2) is 4.92. The molecule has 0 amide bonds. The molecule has 1 atom stereocenters. The highest BCUT2D eigenvalue weighted by atomic mass is 16.4. The Morgan fingerprint density at radius 2 is 2.06 bits per heavy atom. The third-order valence-corrected chi connectivity index (χ3v) is 2.31. The second-order valence-electron chi connectivity index (χ2n) is 3.52. The van der Waals surface area contributed by atoms with E-state index in [0.29, 0.717) is 24.6 Å². The molecule has 0 radical (unpaired) electrons. The average molecular weight is 218 g/mol. The van der Waals surface area contributed by atoms with Crippen LogP contribution < -0.4 is 5.73 Å². The molecular formula is C12H14N2O2. The highest BCUT2D eigenvalue weighted by molar-refractivity contribution is 5.21. The number of aliphatic hydroxyl groups excluding tert-OH is 1. The van der Waals surface area contributed by atoms with Crippen LogP contribution in [0, 0.1) is 0 Å². The van der Waals surface area contributed by atoms with E-state index in [9.17, 15) is 5.11 Å². The monoisotopic (exact) mass is 218 g/mol. The van der Waals surface area contributed by atoms with Gasteiger partial charge in [0, 0.05) is 6.42 Å². The van der Waals surface area contributed by atoms with E-state index in [-0.39, 0.29) is 0 Å². The minimum Gasteiger partial charge on any atom is -0.442 e. The van der Waals surface area contributed by atoms with E-state index in [1.807, 2.05) is 30.3 Å². The lowest BCUT2D eigenvalue weighted by molar-refractivity contribution is 0.180. The van der Waals surface area contributed by atoms with E-state index in [2.05, 4.69) is 4.98 Å². The molecule has 1 unspecified atom stereocenters. The third kappa shape index (κ3) is 2.29. The van der Waals surface area contributed by atoms with Gasteiger partial charge in [0.25, 0.3) is 0 Å². The van der Waals surface area contributed by atoms with Crippen LogP contribution in [-0.4, -0.2) is 16.6 Å². The molecule has 3 N–H and O–H groups in total. The summed E-state index contributed by atoms with van der Waals surface area (Å²) in [5, 5.41) is 9.99. The van der Waals surface area contributed by atoms with Crippen molar-refractivity contribution in [1.82, 2.24) is 4.98 Å². The zero-order valence-corrected chi connectivity index (χ0v) is 8.84. The van der Waals surface area contributed by atoms with E-state index < -0.39 is 6.10 Å². The molecule has 0 fully saturated rings. The molecule has 0 bridgehead atoms. The van der Waals surface area contributed by atoms with Crippen LogP contribution in [0.1, 0.15) is 23.3 Å². The molecule has 0 aliphatic carbocycles. The van der Waals surface area contributed by atoms with Gasteiger partial charge in [-0.15, -0.1) is 0 Å². The molecule has 0 saturated carbocycles. The van der Waals surface area contributed by atoms with Gasteiger partial charge >= 0.3 is 0 Å². The summed E-state index contributed by atoms with van der Waals surface area (Å²) in [7, 11) is 0. The van der Waals surface area contributed by atoms with E-state index in [1.165, 1.54) is 0 Å². The molecule has 2 rings (SSSR count). The maximum absolute atomic E-state index is 9.99. The first-order chi connectivity index (χ1) is 7.81. The van der Waals surface area contributed by atoms with Gasteiger partial charge in [0.1, 0.15) is 5.76 Å². The lowest BCUT2D eigenvalue weighted by Crippen LogP contribution is -2.01. The van der Waals surface area contributed by atoms with Gasteiger partial charge in [0.15, 0.2) is 6.10 Å². The largest absolute Gasteiger partial charge is 0.442 e. The summed E-state index contributed by atoms with van der Waals surface area (Å²) < 4.78 is 5.40. The first-order valence-electron chi connectivity index (χ1n) is 5.19. The van der Waals surface area contributed by atoms with Crippen molar-refractivity contribution in [2.45, 2.75) is 12.5 Å². The van der Waals surface area contributed by atoms with Crippen LogP contribution in [-0.2, 0) is 6.42 Å². The van der Waals surface area contributed by atoms with Gasteiger partial charge in [-0.25, -0.2) is 4.98 Å². The summed E-state index contributed by atoms with van der Waals surface area (Å²) in [6.45, 7) is 0.510. The Morgan fingerprint density at radius 1 is 1.31 bits per heavy atom. The van der Waals surface area contributed by atoms with E-state index >= 15 is 0 Å². The van der Waals surface area contributed by atoms with Crippen molar-refractivity contribution >= 4 is 0 Å². The number of nitrogens with zero attached hydrogens (tertiary/aromatic N) is 1. The second-order valence-corrected chi connectivity index (χ2v) is 3.52. The molecule has 84 valence electrons. The minimum atomic E-state index is -0.812. The number of aliphatic hydroxyl groups is 1. The molecule has 4 heteroatoms. The van der Waals surface area contributed by atoms with Crippen molar-refractivity contribution in [3.63, 3.8) is 0 Å². The Balaban J connectivity index is 2.17. The fourth-order valence-corrected chi connectivity index (χ4v) is 1.48. The number of rotatable bonds is 4. The van der Waals surface area contributed by atoms with Crippen LogP contribution in [0.5, 0.6) is 0 Å². The minimum absolute atomic E-state index is 0.314. The Kier molecular flexibility index (Phi) is 3.34. The fourth-order valence-electron chi connectivity index (χ4n) is 1.48. The van der Waals surface area contributed by atoms with E-state index in [1.54, 1.807) is 6.20 Å². The topological polar surface area (TPSA) is 72.3 Å². The van der Waals surface area contributed by atoms with Crippen LogP contribution in [0.2, 0.25) is 0 Å². The van der Waals surface area contributed by atoms with Crippen molar-refractivity contribution in [3.05, 3.63) is 53.7 Å². The average Bonchev–Trinajstić information content (AvgIpc) is 2.78. The number of oxazole rings is 1. The molecule has 0 spiro atoms. The molecule has 0 aliphatic rings. The van der Waals surface area contributed by atoms with Crippen LogP contribution >= 0.6 is 0 Å². The van der Waals surface area contributed by atoms with Gasteiger partial charge in [0.2, 0.25) is 5.89 Å². The number of hydrogen-bond donors (Lipinski definition) is 2. The highest BCUT2D eigenvalue weighted by Crippen LogP contribution is 2.21. The number of benzene rings is 1. The quantitative estimate of drug-likeness (QED) is 0.810. The zero-order valence-electron chi connectivity index (χ0n) is 8.84. The normalized spacial score (nSPS) is 12.6. The van der Waals surface area contributed by atoms with E-state index in [4.69, 9.17) is 10.2 Å². The van der Waals surface area contributed by atoms with Gasteiger partial charge in [-0.05, 0) is 12.1 Å². The van der Waals surface area contributed by atoms with Gasteiger partial charge in [-0.2, -0.15) is 0 Å². The summed E-state index contributed by atoms with van der Waals surface area (Å²) in [6.07, 6.45) is 1.43. The maximum atomic E-state index is 9.99. The Bertz CT molecular complexity index is 439. The number of aromatic nitrogens is 1. The van der Waals surface area contributed by atoms with Crippen molar-refractivity contribution in [2.24, 2.45) is 5.73 Å². The lowest BCUT2D eigenvalue weighted by atomic mass is 10.1. The fraction of sp³-hybridized carbons (Fsp3) is 0.250. The molecule has 1 aromatic carbocycles. The third-order valence-electron chi connectivity index (χ3n) is 2.31. The van der Waals surface area contributed by atoms with Crippen LogP contribution in [0.15, 0.2) is 40.9 Å². The molecule has 2 aromatic rings. The van der Waals surface area contributed by atoms with Gasteiger partial charge in [0.05, 0.1) is 6.20 Å². The van der Waals surface area contributed by atoms with Crippen LogP contribution in [0.3, 0.4) is 0 Å². The summed E-state index contributed by atoms with van der Waals surface area (Å²) >= 11 is 0. The van der Waals surface area contributed by atoms with Crippen LogP contribution in [0.4, 0.5) is 0 Å². The van der Waals surface area contributed by atoms with E-state index in [0.717, 1.165) is 5.56 Å². The summed E-state index contributed by atoms with van der Waals surface area (Å²) in [5.74, 6) is 1.02. The highest BCUT2D eigenvalue weighted by Gasteiger charge is 2.15. The smallest absolute Gasteiger partial charge is 0.227 e. The molecule has 1 aromatic heterocycles. The Labute approximate surface area is 93.7 Å². The van der Waals surface area contributed by atoms with Crippen molar-refractivity contribution < 1.29 is 9.52 Å². The van der Waals surface area contributed by atoms with Crippen molar-refractivity contribution in [3.8, 4) is 0 Å². The van der Waals surface area contributed by atoms with Gasteiger partial charge in [-0.3, -0.25) is 0 Å². The van der Waals surface area contributed by atoms with Crippen LogP contribution in [0.25, 0.3) is 0 Å². The number of nitrogens with two attached hydrogens (primary N) is 1. The Morgan fingerprint density at radius 3 is 2.75 bits per heavy atom. The Hall–Kier alpha value is -1.65. The summed E-state index contributed by atoms with van der Waals surface area (Å²) in [6, 6.07) is 9.28. The standard InChI is InChI=1S/C12H14N2O2/c13-7-6-10-8-14-12(16-10)11(15)9-4-2-1-3-5-9/h1-5,8,11,15H,6-7,13H2. The lowest BCUT2D eigenvalue weighted by Gasteiger charge is -2.05. The van der Waals surface area contributed by atoms with Gasteiger partial charge < -0.3 is 15.3 Å². The predicted octanol–water partition coefficient (Wildman–Crippen LogP) is 1.26. The SMILES string of the molecule is NCCc1cnc(C(O)c2ccccc2)o1. The number of hydrogen-bond acceptors (Lipinski definition) is 4. The predicted molar refractivity (Wildman–Crippen MR) is 59.8 cm³/mol. The first kappa shape index (κ1) is 10.9. The zero-order chi connectivity index (χ0) is 11.4. The molecule has 0 saturated heterocycles. The maximum Gasteiger partial charge on any atom is 0.227 e. The van der Waals surface area contributed by atoms with Crippen molar-refractivity contribution in [2.75, 3.05) is 6.54 Å². The summed E-state index contributed by atoms with van der Waals surface area (Å²) in [5.41, 5.74) is 6.17. The molecule has 16 heavy (non-hydrogen) atoms. The molecule has 4 nitrogen and oxygen atoms in total. The molecular weight excluding hydrogens is 204 g/mol. The molecule has 1 heterocycles.